The molecule has 6 nitrogen and oxygen atoms in total. The molecule has 2 aromatic rings. The summed E-state index contributed by atoms with van der Waals surface area (Å²) in [4.78, 5) is 12.8. The third-order valence-corrected chi connectivity index (χ3v) is 6.29. The van der Waals surface area contributed by atoms with Gasteiger partial charge in [0.25, 0.3) is 5.91 Å². The van der Waals surface area contributed by atoms with Gasteiger partial charge in [0.1, 0.15) is 5.75 Å². The number of carbonyl (C=O) groups excluding carboxylic acids is 1. The maximum Gasteiger partial charge on any atom is 0.259 e. The maximum atomic E-state index is 12.7. The van der Waals surface area contributed by atoms with Crippen LogP contribution in [0, 0.1) is 6.92 Å². The van der Waals surface area contributed by atoms with Crippen LogP contribution in [0.5, 0.6) is 5.75 Å². The Bertz CT molecular complexity index is 919. The molecule has 1 aliphatic rings. The number of hydrogen-bond donors (Lipinski definition) is 1. The van der Waals surface area contributed by atoms with Gasteiger partial charge in [-0.2, -0.15) is 4.31 Å². The number of nitrogens with zero attached hydrogens (tertiary/aromatic N) is 1. The summed E-state index contributed by atoms with van der Waals surface area (Å²) >= 11 is 0. The van der Waals surface area contributed by atoms with Crippen molar-refractivity contribution in [2.45, 2.75) is 24.7 Å². The molecule has 0 atom stereocenters. The van der Waals surface area contributed by atoms with E-state index in [-0.39, 0.29) is 10.8 Å². The molecule has 2 aromatic carbocycles. The van der Waals surface area contributed by atoms with E-state index in [1.807, 2.05) is 13.0 Å². The van der Waals surface area contributed by atoms with Gasteiger partial charge in [-0.3, -0.25) is 4.79 Å². The second kappa shape index (κ2) is 7.47. The van der Waals surface area contributed by atoms with E-state index in [2.05, 4.69) is 5.32 Å². The molecule has 3 rings (SSSR count). The molecule has 1 heterocycles. The minimum Gasteiger partial charge on any atom is -0.496 e. The summed E-state index contributed by atoms with van der Waals surface area (Å²) in [6, 6.07) is 11.7. The van der Waals surface area contributed by atoms with Gasteiger partial charge in [0.2, 0.25) is 10.0 Å². The first-order valence-electron chi connectivity index (χ1n) is 8.48. The first-order valence-corrected chi connectivity index (χ1v) is 9.92. The Hall–Kier alpha value is -2.38. The van der Waals surface area contributed by atoms with Gasteiger partial charge >= 0.3 is 0 Å². The van der Waals surface area contributed by atoms with Crippen molar-refractivity contribution in [3.05, 3.63) is 53.6 Å². The van der Waals surface area contributed by atoms with E-state index in [0.717, 1.165) is 18.4 Å². The van der Waals surface area contributed by atoms with Crippen LogP contribution in [-0.2, 0) is 10.0 Å². The minimum atomic E-state index is -3.52. The Balaban J connectivity index is 1.85. The number of nitrogens with one attached hydrogen (secondary N) is 1. The molecule has 0 aromatic heterocycles. The molecule has 0 radical (unpaired) electrons. The van der Waals surface area contributed by atoms with Crippen molar-refractivity contribution in [2.24, 2.45) is 0 Å². The van der Waals surface area contributed by atoms with E-state index in [0.29, 0.717) is 30.1 Å². The van der Waals surface area contributed by atoms with Gasteiger partial charge in [-0.05, 0) is 50.1 Å². The largest absolute Gasteiger partial charge is 0.496 e. The molecular formula is C19H22N2O4S. The molecule has 1 N–H and O–H groups in total. The second-order valence-corrected chi connectivity index (χ2v) is 8.23. The number of aryl methyl sites for hydroxylation is 1. The molecule has 1 amide bonds. The summed E-state index contributed by atoms with van der Waals surface area (Å²) in [7, 11) is -2.02. The van der Waals surface area contributed by atoms with Gasteiger partial charge in [0.15, 0.2) is 0 Å². The number of rotatable bonds is 5. The minimum absolute atomic E-state index is 0.188. The smallest absolute Gasteiger partial charge is 0.259 e. The van der Waals surface area contributed by atoms with Crippen LogP contribution in [0.25, 0.3) is 0 Å². The molecule has 26 heavy (non-hydrogen) atoms. The first-order chi connectivity index (χ1) is 12.4. The van der Waals surface area contributed by atoms with Crippen molar-refractivity contribution in [3.8, 4) is 5.75 Å². The molecule has 138 valence electrons. The Labute approximate surface area is 153 Å². The third kappa shape index (κ3) is 3.73. The van der Waals surface area contributed by atoms with Gasteiger partial charge in [-0.15, -0.1) is 0 Å². The summed E-state index contributed by atoms with van der Waals surface area (Å²) in [5.41, 5.74) is 1.76. The fraction of sp³-hybridized carbons (Fsp3) is 0.316. The Morgan fingerprint density at radius 1 is 1.12 bits per heavy atom. The average Bonchev–Trinajstić information content (AvgIpc) is 3.17. The molecule has 1 fully saturated rings. The standard InChI is InChI=1S/C19H22N2O4S/c1-14-8-9-18(25-2)17(12-14)19(22)20-15-6-5-7-16(13-15)26(23,24)21-10-3-4-11-21/h5-9,12-13H,3-4,10-11H2,1-2H3,(H,20,22). The predicted molar refractivity (Wildman–Crippen MR) is 100 cm³/mol. The van der Waals surface area contributed by atoms with Crippen LogP contribution in [0.1, 0.15) is 28.8 Å². The zero-order chi connectivity index (χ0) is 18.7. The number of amides is 1. The highest BCUT2D eigenvalue weighted by Gasteiger charge is 2.27. The Morgan fingerprint density at radius 3 is 2.54 bits per heavy atom. The highest BCUT2D eigenvalue weighted by Crippen LogP contribution is 2.25. The molecular weight excluding hydrogens is 352 g/mol. The molecule has 0 saturated carbocycles. The number of methoxy groups -OCH3 is 1. The normalized spacial score (nSPS) is 15.0. The first kappa shape index (κ1) is 18.4. The van der Waals surface area contributed by atoms with Crippen molar-refractivity contribution < 1.29 is 17.9 Å². The predicted octanol–water partition coefficient (Wildman–Crippen LogP) is 3.04. The van der Waals surface area contributed by atoms with E-state index in [9.17, 15) is 13.2 Å². The molecule has 1 saturated heterocycles. The molecule has 0 spiro atoms. The van der Waals surface area contributed by atoms with Gasteiger partial charge in [-0.25, -0.2) is 8.42 Å². The fourth-order valence-electron chi connectivity index (χ4n) is 3.01. The van der Waals surface area contributed by atoms with Gasteiger partial charge < -0.3 is 10.1 Å². The maximum absolute atomic E-state index is 12.7. The summed E-state index contributed by atoms with van der Waals surface area (Å²) in [6.07, 6.45) is 1.76. The van der Waals surface area contributed by atoms with Crippen LogP contribution in [-0.4, -0.2) is 38.8 Å². The monoisotopic (exact) mass is 374 g/mol. The van der Waals surface area contributed by atoms with Gasteiger partial charge in [-0.1, -0.05) is 17.7 Å². The van der Waals surface area contributed by atoms with E-state index < -0.39 is 10.0 Å². The number of sulfonamides is 1. The van der Waals surface area contributed by atoms with Crippen LogP contribution in [0.2, 0.25) is 0 Å². The van der Waals surface area contributed by atoms with Crippen LogP contribution in [0.3, 0.4) is 0 Å². The topological polar surface area (TPSA) is 75.7 Å². The van der Waals surface area contributed by atoms with Gasteiger partial charge in [0.05, 0.1) is 17.6 Å². The molecule has 1 aliphatic heterocycles. The fourth-order valence-corrected chi connectivity index (χ4v) is 4.57. The summed E-state index contributed by atoms with van der Waals surface area (Å²) in [5.74, 6) is 0.121. The Kier molecular flexibility index (Phi) is 5.29. The lowest BCUT2D eigenvalue weighted by atomic mass is 10.1. The van der Waals surface area contributed by atoms with Crippen LogP contribution >= 0.6 is 0 Å². The van der Waals surface area contributed by atoms with Crippen molar-refractivity contribution >= 4 is 21.6 Å². The average molecular weight is 374 g/mol. The number of carbonyl (C=O) groups is 1. The number of benzene rings is 2. The Morgan fingerprint density at radius 2 is 1.85 bits per heavy atom. The molecule has 0 unspecified atom stereocenters. The van der Waals surface area contributed by atoms with Crippen LogP contribution in [0.15, 0.2) is 47.4 Å². The molecule has 0 bridgehead atoms. The van der Waals surface area contributed by atoms with Gasteiger partial charge in [0, 0.05) is 18.8 Å². The molecule has 0 aliphatic carbocycles. The third-order valence-electron chi connectivity index (χ3n) is 4.39. The number of anilines is 1. The lowest BCUT2D eigenvalue weighted by Crippen LogP contribution is -2.27. The SMILES string of the molecule is COc1ccc(C)cc1C(=O)Nc1cccc(S(=O)(=O)N2CCCC2)c1. The highest BCUT2D eigenvalue weighted by atomic mass is 32.2. The lowest BCUT2D eigenvalue weighted by molar-refractivity contribution is 0.102. The van der Waals surface area contributed by atoms with Crippen LogP contribution < -0.4 is 10.1 Å². The van der Waals surface area contributed by atoms with Crippen molar-refractivity contribution in [2.75, 3.05) is 25.5 Å². The van der Waals surface area contributed by atoms with E-state index >= 15 is 0 Å². The van der Waals surface area contributed by atoms with E-state index in [1.165, 1.54) is 17.5 Å². The second-order valence-electron chi connectivity index (χ2n) is 6.30. The quantitative estimate of drug-likeness (QED) is 0.873. The number of ether oxygens (including phenoxy) is 1. The summed E-state index contributed by atoms with van der Waals surface area (Å²) in [6.45, 7) is 2.97. The zero-order valence-corrected chi connectivity index (χ0v) is 15.7. The number of hydrogen-bond acceptors (Lipinski definition) is 4. The summed E-state index contributed by atoms with van der Waals surface area (Å²) < 4.78 is 32.1. The van der Waals surface area contributed by atoms with Crippen LogP contribution in [0.4, 0.5) is 5.69 Å². The van der Waals surface area contributed by atoms with E-state index in [1.54, 1.807) is 30.3 Å². The lowest BCUT2D eigenvalue weighted by Gasteiger charge is -2.16. The van der Waals surface area contributed by atoms with Crippen molar-refractivity contribution in [3.63, 3.8) is 0 Å². The molecule has 7 heteroatoms. The summed E-state index contributed by atoms with van der Waals surface area (Å²) in [5, 5.41) is 2.76. The van der Waals surface area contributed by atoms with Crippen molar-refractivity contribution in [1.82, 2.24) is 4.31 Å². The van der Waals surface area contributed by atoms with Crippen molar-refractivity contribution in [1.29, 1.82) is 0 Å². The zero-order valence-electron chi connectivity index (χ0n) is 14.9. The van der Waals surface area contributed by atoms with E-state index in [4.69, 9.17) is 4.74 Å². The highest BCUT2D eigenvalue weighted by molar-refractivity contribution is 7.89.